The summed E-state index contributed by atoms with van der Waals surface area (Å²) in [5.41, 5.74) is 1.70. The molecule has 3 heterocycles. The zero-order chi connectivity index (χ0) is 18.9. The van der Waals surface area contributed by atoms with Crippen molar-refractivity contribution in [1.82, 2.24) is 15.0 Å². The molecule has 2 aliphatic heterocycles. The van der Waals surface area contributed by atoms with Crippen LogP contribution in [0.3, 0.4) is 0 Å². The van der Waals surface area contributed by atoms with Crippen LogP contribution in [0, 0.1) is 25.2 Å². The van der Waals surface area contributed by atoms with Gasteiger partial charge in [0.15, 0.2) is 0 Å². The lowest BCUT2D eigenvalue weighted by Crippen LogP contribution is -2.46. The smallest absolute Gasteiger partial charge is 0.259 e. The van der Waals surface area contributed by atoms with Crippen LogP contribution < -0.4 is 0 Å². The van der Waals surface area contributed by atoms with E-state index in [9.17, 15) is 4.79 Å². The van der Waals surface area contributed by atoms with Gasteiger partial charge in [0.25, 0.3) is 5.91 Å². The van der Waals surface area contributed by atoms with E-state index < -0.39 is 0 Å². The number of carbonyl (C=O) groups excluding carboxylic acids is 1. The minimum Gasteiger partial charge on any atom is -0.361 e. The maximum Gasteiger partial charge on any atom is 0.259 e. The first kappa shape index (κ1) is 19.0. The molecule has 0 bridgehead atoms. The van der Waals surface area contributed by atoms with E-state index in [1.165, 1.54) is 71.0 Å². The molecule has 2 saturated heterocycles. The molecule has 0 radical (unpaired) electrons. The fourth-order valence-electron chi connectivity index (χ4n) is 5.73. The molecule has 1 amide bonds. The maximum atomic E-state index is 13.0. The van der Waals surface area contributed by atoms with Gasteiger partial charge in [0, 0.05) is 25.0 Å². The lowest BCUT2D eigenvalue weighted by molar-refractivity contribution is 0.0672. The minimum absolute atomic E-state index is 0.113. The second kappa shape index (κ2) is 7.94. The van der Waals surface area contributed by atoms with E-state index in [0.717, 1.165) is 31.1 Å². The molecule has 3 fully saturated rings. The average molecular weight is 374 g/mol. The van der Waals surface area contributed by atoms with Gasteiger partial charge in [-0.2, -0.15) is 0 Å². The highest BCUT2D eigenvalue weighted by atomic mass is 16.5. The van der Waals surface area contributed by atoms with E-state index in [1.807, 2.05) is 13.8 Å². The Morgan fingerprint density at radius 1 is 1.11 bits per heavy atom. The Morgan fingerprint density at radius 3 is 2.67 bits per heavy atom. The van der Waals surface area contributed by atoms with Gasteiger partial charge in [-0.25, -0.2) is 0 Å². The molecule has 0 aromatic carbocycles. The summed E-state index contributed by atoms with van der Waals surface area (Å²) in [6, 6.07) is 0. The van der Waals surface area contributed by atoms with Crippen molar-refractivity contribution in [3.63, 3.8) is 0 Å². The largest absolute Gasteiger partial charge is 0.361 e. The number of aryl methyl sites for hydroxylation is 2. The van der Waals surface area contributed by atoms with Crippen molar-refractivity contribution in [2.75, 3.05) is 32.7 Å². The fourth-order valence-corrected chi connectivity index (χ4v) is 5.73. The van der Waals surface area contributed by atoms with E-state index in [-0.39, 0.29) is 5.91 Å². The number of hydrogen-bond donors (Lipinski definition) is 0. The average Bonchev–Trinajstić information content (AvgIpc) is 3.24. The quantitative estimate of drug-likeness (QED) is 0.794. The summed E-state index contributed by atoms with van der Waals surface area (Å²) in [5, 5.41) is 3.96. The van der Waals surface area contributed by atoms with Crippen molar-refractivity contribution in [3.8, 4) is 0 Å². The molecule has 1 aliphatic carbocycles. The summed E-state index contributed by atoms with van der Waals surface area (Å²) in [4.78, 5) is 17.8. The van der Waals surface area contributed by atoms with Crippen LogP contribution in [0.2, 0.25) is 0 Å². The number of likely N-dealkylation sites (tertiary alicyclic amines) is 2. The van der Waals surface area contributed by atoms with Gasteiger partial charge in [0.05, 0.1) is 5.69 Å². The summed E-state index contributed by atoms with van der Waals surface area (Å²) < 4.78 is 5.21. The molecule has 1 atom stereocenters. The Labute approximate surface area is 163 Å². The standard InChI is InChI=1S/C22H35N3O2/c1-17-20(18(2)27-23-17)21(26)25-14-11-22(16-25)10-6-12-24(15-22)13-9-19-7-4-3-5-8-19/h19H,3-16H2,1-2H3. The molecular weight excluding hydrogens is 338 g/mol. The predicted molar refractivity (Wildman–Crippen MR) is 106 cm³/mol. The van der Waals surface area contributed by atoms with E-state index >= 15 is 0 Å². The molecule has 0 N–H and O–H groups in total. The minimum atomic E-state index is 0.113. The summed E-state index contributed by atoms with van der Waals surface area (Å²) in [5.74, 6) is 1.72. The Kier molecular flexibility index (Phi) is 5.58. The first-order valence-electron chi connectivity index (χ1n) is 11.0. The van der Waals surface area contributed by atoms with Gasteiger partial charge >= 0.3 is 0 Å². The molecule has 4 rings (SSSR count). The Hall–Kier alpha value is -1.36. The van der Waals surface area contributed by atoms with Crippen LogP contribution in [0.15, 0.2) is 4.52 Å². The molecule has 27 heavy (non-hydrogen) atoms. The van der Waals surface area contributed by atoms with Gasteiger partial charge < -0.3 is 14.3 Å². The first-order chi connectivity index (χ1) is 13.1. The first-order valence-corrected chi connectivity index (χ1v) is 11.0. The second-order valence-electron chi connectivity index (χ2n) is 9.35. The molecule has 1 unspecified atom stereocenters. The van der Waals surface area contributed by atoms with E-state index in [0.29, 0.717) is 16.7 Å². The fraction of sp³-hybridized carbons (Fsp3) is 0.818. The van der Waals surface area contributed by atoms with Crippen LogP contribution in [-0.2, 0) is 0 Å². The summed E-state index contributed by atoms with van der Waals surface area (Å²) in [6.45, 7) is 9.15. The number of nitrogens with zero attached hydrogens (tertiary/aromatic N) is 3. The third-order valence-electron chi connectivity index (χ3n) is 7.29. The zero-order valence-corrected chi connectivity index (χ0v) is 17.1. The van der Waals surface area contributed by atoms with Crippen LogP contribution in [0.25, 0.3) is 0 Å². The van der Waals surface area contributed by atoms with Gasteiger partial charge in [0.1, 0.15) is 11.3 Å². The van der Waals surface area contributed by atoms with E-state index in [1.54, 1.807) is 0 Å². The van der Waals surface area contributed by atoms with Gasteiger partial charge in [-0.15, -0.1) is 0 Å². The molecule has 5 heteroatoms. The Morgan fingerprint density at radius 2 is 1.93 bits per heavy atom. The number of aromatic nitrogens is 1. The molecule has 3 aliphatic rings. The third-order valence-corrected chi connectivity index (χ3v) is 7.29. The Balaban J connectivity index is 1.34. The molecule has 1 aromatic heterocycles. The number of piperidine rings is 1. The van der Waals surface area contributed by atoms with Crippen molar-refractivity contribution < 1.29 is 9.32 Å². The lowest BCUT2D eigenvalue weighted by atomic mass is 9.79. The van der Waals surface area contributed by atoms with Crippen molar-refractivity contribution in [2.45, 2.75) is 71.6 Å². The zero-order valence-electron chi connectivity index (χ0n) is 17.1. The van der Waals surface area contributed by atoms with E-state index in [4.69, 9.17) is 4.52 Å². The highest BCUT2D eigenvalue weighted by molar-refractivity contribution is 5.96. The van der Waals surface area contributed by atoms with Crippen molar-refractivity contribution in [2.24, 2.45) is 11.3 Å². The number of hydrogen-bond acceptors (Lipinski definition) is 4. The van der Waals surface area contributed by atoms with Crippen LogP contribution in [0.5, 0.6) is 0 Å². The van der Waals surface area contributed by atoms with Gasteiger partial charge in [0.2, 0.25) is 0 Å². The van der Waals surface area contributed by atoms with Crippen LogP contribution in [-0.4, -0.2) is 53.6 Å². The summed E-state index contributed by atoms with van der Waals surface area (Å²) in [7, 11) is 0. The maximum absolute atomic E-state index is 13.0. The van der Waals surface area contributed by atoms with Crippen LogP contribution in [0.1, 0.15) is 79.6 Å². The van der Waals surface area contributed by atoms with Crippen molar-refractivity contribution in [3.05, 3.63) is 17.0 Å². The highest BCUT2D eigenvalue weighted by Crippen LogP contribution is 2.40. The highest BCUT2D eigenvalue weighted by Gasteiger charge is 2.43. The Bertz CT molecular complexity index is 645. The van der Waals surface area contributed by atoms with Gasteiger partial charge in [-0.3, -0.25) is 4.79 Å². The van der Waals surface area contributed by atoms with Crippen molar-refractivity contribution in [1.29, 1.82) is 0 Å². The topological polar surface area (TPSA) is 49.6 Å². The molecular formula is C22H35N3O2. The number of amides is 1. The van der Waals surface area contributed by atoms with Crippen LogP contribution in [0.4, 0.5) is 0 Å². The normalized spacial score (nSPS) is 27.6. The van der Waals surface area contributed by atoms with Crippen LogP contribution >= 0.6 is 0 Å². The number of rotatable bonds is 4. The van der Waals surface area contributed by atoms with Gasteiger partial charge in [-0.1, -0.05) is 37.3 Å². The van der Waals surface area contributed by atoms with Gasteiger partial charge in [-0.05, 0) is 58.5 Å². The lowest BCUT2D eigenvalue weighted by Gasteiger charge is -2.41. The predicted octanol–water partition coefficient (Wildman–Crippen LogP) is 4.19. The summed E-state index contributed by atoms with van der Waals surface area (Å²) in [6.07, 6.45) is 12.3. The number of carbonyl (C=O) groups is 1. The monoisotopic (exact) mass is 373 g/mol. The molecule has 1 aromatic rings. The summed E-state index contributed by atoms with van der Waals surface area (Å²) >= 11 is 0. The van der Waals surface area contributed by atoms with E-state index in [2.05, 4.69) is 15.0 Å². The van der Waals surface area contributed by atoms with Crippen molar-refractivity contribution >= 4 is 5.91 Å². The third kappa shape index (κ3) is 4.08. The molecule has 150 valence electrons. The molecule has 5 nitrogen and oxygen atoms in total. The molecule has 1 saturated carbocycles. The second-order valence-corrected chi connectivity index (χ2v) is 9.35. The SMILES string of the molecule is Cc1noc(C)c1C(=O)N1CCC2(CCCN(CCC3CCCCC3)C2)C1. The molecule has 1 spiro atoms.